The topological polar surface area (TPSA) is 105 Å². The first kappa shape index (κ1) is 20.9. The molecule has 1 aromatic rings. The van der Waals surface area contributed by atoms with Crippen LogP contribution in [0.4, 0.5) is 5.69 Å². The number of anilines is 1. The van der Waals surface area contributed by atoms with E-state index < -0.39 is 22.0 Å². The van der Waals surface area contributed by atoms with Crippen molar-refractivity contribution in [2.45, 2.75) is 31.7 Å². The second-order valence-electron chi connectivity index (χ2n) is 6.06. The van der Waals surface area contributed by atoms with Gasteiger partial charge in [0.1, 0.15) is 16.7 Å². The lowest BCUT2D eigenvalue weighted by Crippen LogP contribution is -2.46. The second-order valence-corrected chi connectivity index (χ2v) is 8.18. The van der Waals surface area contributed by atoms with Crippen molar-refractivity contribution in [3.05, 3.63) is 18.2 Å². The second kappa shape index (κ2) is 8.30. The van der Waals surface area contributed by atoms with E-state index in [-0.39, 0.29) is 22.5 Å². The van der Waals surface area contributed by atoms with Crippen molar-refractivity contribution in [2.75, 3.05) is 26.5 Å². The van der Waals surface area contributed by atoms with Crippen LogP contribution >= 0.6 is 0 Å². The van der Waals surface area contributed by atoms with Gasteiger partial charge < -0.3 is 15.4 Å². The van der Waals surface area contributed by atoms with E-state index in [1.807, 2.05) is 0 Å². The molecule has 140 valence electrons. The number of hydrogen-bond donors (Lipinski definition) is 2. The maximum atomic E-state index is 12.4. The molecule has 0 heterocycles. The largest absolute Gasteiger partial charge is 0.495 e. The number of sulfonamides is 1. The van der Waals surface area contributed by atoms with Crippen LogP contribution in [0.15, 0.2) is 23.1 Å². The Hall–Kier alpha value is -2.13. The first-order valence-corrected chi connectivity index (χ1v) is 9.13. The van der Waals surface area contributed by atoms with Gasteiger partial charge in [-0.05, 0) is 24.1 Å². The fraction of sp³-hybridized carbons (Fsp3) is 0.500. The molecule has 2 N–H and O–H groups in total. The third-order valence-corrected chi connectivity index (χ3v) is 5.33. The lowest BCUT2D eigenvalue weighted by atomic mass is 10.0. The van der Waals surface area contributed by atoms with E-state index in [0.29, 0.717) is 5.69 Å². The summed E-state index contributed by atoms with van der Waals surface area (Å²) in [5.74, 6) is -0.705. The predicted octanol–water partition coefficient (Wildman–Crippen LogP) is 1.04. The Morgan fingerprint density at radius 2 is 1.80 bits per heavy atom. The highest BCUT2D eigenvalue weighted by Crippen LogP contribution is 2.29. The molecule has 25 heavy (non-hydrogen) atoms. The number of carbonyl (C=O) groups is 2. The normalized spacial score (nSPS) is 12.8. The molecule has 0 spiro atoms. The highest BCUT2D eigenvalue weighted by atomic mass is 32.2. The molecule has 0 aliphatic carbocycles. The van der Waals surface area contributed by atoms with E-state index in [9.17, 15) is 18.0 Å². The molecular formula is C16H25N3O5S. The summed E-state index contributed by atoms with van der Waals surface area (Å²) in [6.45, 7) is 4.93. The molecule has 2 amide bonds. The Labute approximate surface area is 148 Å². The lowest BCUT2D eigenvalue weighted by Gasteiger charge is -2.21. The average molecular weight is 371 g/mol. The highest BCUT2D eigenvalue weighted by molar-refractivity contribution is 7.89. The van der Waals surface area contributed by atoms with Gasteiger partial charge in [0.2, 0.25) is 21.8 Å². The van der Waals surface area contributed by atoms with Crippen LogP contribution in [-0.4, -0.2) is 51.8 Å². The Kier molecular flexibility index (Phi) is 6.95. The van der Waals surface area contributed by atoms with Gasteiger partial charge in [0.15, 0.2) is 0 Å². The number of hydrogen-bond acceptors (Lipinski definition) is 5. The summed E-state index contributed by atoms with van der Waals surface area (Å²) >= 11 is 0. The van der Waals surface area contributed by atoms with Crippen molar-refractivity contribution in [3.63, 3.8) is 0 Å². The van der Waals surface area contributed by atoms with Gasteiger partial charge in [0, 0.05) is 26.7 Å². The Morgan fingerprint density at radius 3 is 2.24 bits per heavy atom. The average Bonchev–Trinajstić information content (AvgIpc) is 2.51. The molecule has 1 atom stereocenters. The van der Waals surface area contributed by atoms with Crippen LogP contribution in [0, 0.1) is 5.92 Å². The maximum absolute atomic E-state index is 12.4. The van der Waals surface area contributed by atoms with Gasteiger partial charge in [-0.15, -0.1) is 0 Å². The van der Waals surface area contributed by atoms with Gasteiger partial charge in [-0.1, -0.05) is 13.8 Å². The molecule has 0 aromatic heterocycles. The van der Waals surface area contributed by atoms with Crippen molar-refractivity contribution >= 4 is 27.5 Å². The number of methoxy groups -OCH3 is 1. The van der Waals surface area contributed by atoms with Crippen LogP contribution in [0.2, 0.25) is 0 Å². The number of nitrogens with one attached hydrogen (secondary N) is 2. The number of benzene rings is 1. The van der Waals surface area contributed by atoms with E-state index >= 15 is 0 Å². The van der Waals surface area contributed by atoms with E-state index in [0.717, 1.165) is 4.31 Å². The smallest absolute Gasteiger partial charge is 0.247 e. The first-order chi connectivity index (χ1) is 11.5. The molecule has 0 bridgehead atoms. The molecule has 0 radical (unpaired) electrons. The number of rotatable bonds is 7. The molecule has 1 rings (SSSR count). The van der Waals surface area contributed by atoms with E-state index in [1.54, 1.807) is 13.8 Å². The van der Waals surface area contributed by atoms with Gasteiger partial charge >= 0.3 is 0 Å². The molecule has 0 unspecified atom stereocenters. The number of ether oxygens (including phenoxy) is 1. The number of nitrogens with zero attached hydrogens (tertiary/aromatic N) is 1. The standard InChI is InChI=1S/C16H25N3O5S/c1-10(2)15(17-11(3)20)16(21)18-12-7-8-13(24-6)14(9-12)25(22,23)19(4)5/h7-10,15H,1-6H3,(H,17,20)(H,18,21)/t15-/m1/s1. The minimum absolute atomic E-state index is 0.0570. The lowest BCUT2D eigenvalue weighted by molar-refractivity contribution is -0.126. The summed E-state index contributed by atoms with van der Waals surface area (Å²) in [5, 5.41) is 5.22. The van der Waals surface area contributed by atoms with Crippen molar-refractivity contribution in [1.29, 1.82) is 0 Å². The fourth-order valence-electron chi connectivity index (χ4n) is 2.13. The van der Waals surface area contributed by atoms with Gasteiger partial charge in [0.25, 0.3) is 0 Å². The summed E-state index contributed by atoms with van der Waals surface area (Å²) in [5.41, 5.74) is 0.294. The third kappa shape index (κ3) is 5.17. The summed E-state index contributed by atoms with van der Waals surface area (Å²) < 4.78 is 31.0. The maximum Gasteiger partial charge on any atom is 0.247 e. The van der Waals surface area contributed by atoms with Crippen LogP contribution in [0.1, 0.15) is 20.8 Å². The molecule has 9 heteroatoms. The molecule has 0 saturated carbocycles. The minimum Gasteiger partial charge on any atom is -0.495 e. The van der Waals surface area contributed by atoms with E-state index in [4.69, 9.17) is 4.74 Å². The monoisotopic (exact) mass is 371 g/mol. The number of amides is 2. The van der Waals surface area contributed by atoms with Crippen LogP contribution in [0.25, 0.3) is 0 Å². The summed E-state index contributed by atoms with van der Waals surface area (Å²) in [7, 11) is 0.439. The van der Waals surface area contributed by atoms with Gasteiger partial charge in [-0.2, -0.15) is 0 Å². The molecule has 0 fully saturated rings. The SMILES string of the molecule is COc1ccc(NC(=O)[C@H](NC(C)=O)C(C)C)cc1S(=O)(=O)N(C)C. The summed E-state index contributed by atoms with van der Waals surface area (Å²) in [6.07, 6.45) is 0. The van der Waals surface area contributed by atoms with Crippen LogP contribution in [-0.2, 0) is 19.6 Å². The Bertz CT molecular complexity index is 744. The minimum atomic E-state index is -3.75. The zero-order valence-corrected chi connectivity index (χ0v) is 16.1. The molecular weight excluding hydrogens is 346 g/mol. The van der Waals surface area contributed by atoms with Crippen molar-refractivity contribution in [2.24, 2.45) is 5.92 Å². The summed E-state index contributed by atoms with van der Waals surface area (Å²) in [6, 6.07) is 3.61. The van der Waals surface area contributed by atoms with Gasteiger partial charge in [-0.3, -0.25) is 9.59 Å². The predicted molar refractivity (Wildman–Crippen MR) is 94.9 cm³/mol. The fourth-order valence-corrected chi connectivity index (χ4v) is 3.20. The number of carbonyl (C=O) groups excluding carboxylic acids is 2. The highest BCUT2D eigenvalue weighted by Gasteiger charge is 2.25. The van der Waals surface area contributed by atoms with Crippen molar-refractivity contribution in [3.8, 4) is 5.75 Å². The molecule has 8 nitrogen and oxygen atoms in total. The first-order valence-electron chi connectivity index (χ1n) is 7.69. The van der Waals surface area contributed by atoms with E-state index in [1.165, 1.54) is 46.3 Å². The van der Waals surface area contributed by atoms with Crippen LogP contribution in [0.5, 0.6) is 5.75 Å². The molecule has 0 aliphatic rings. The quantitative estimate of drug-likeness (QED) is 0.745. The molecule has 0 aliphatic heterocycles. The van der Waals surface area contributed by atoms with Crippen molar-refractivity contribution in [1.82, 2.24) is 9.62 Å². The van der Waals surface area contributed by atoms with Crippen LogP contribution in [0.3, 0.4) is 0 Å². The van der Waals surface area contributed by atoms with Crippen molar-refractivity contribution < 1.29 is 22.7 Å². The zero-order chi connectivity index (χ0) is 19.4. The summed E-state index contributed by atoms with van der Waals surface area (Å²) in [4.78, 5) is 23.6. The Morgan fingerprint density at radius 1 is 1.20 bits per heavy atom. The van der Waals surface area contributed by atoms with Gasteiger partial charge in [0.05, 0.1) is 7.11 Å². The van der Waals surface area contributed by atoms with Crippen LogP contribution < -0.4 is 15.4 Å². The third-order valence-electron chi connectivity index (χ3n) is 3.50. The Balaban J connectivity index is 3.19. The molecule has 0 saturated heterocycles. The van der Waals surface area contributed by atoms with Gasteiger partial charge in [-0.25, -0.2) is 12.7 Å². The van der Waals surface area contributed by atoms with E-state index in [2.05, 4.69) is 10.6 Å². The molecule has 1 aromatic carbocycles. The zero-order valence-electron chi connectivity index (χ0n) is 15.3.